The highest BCUT2D eigenvalue weighted by molar-refractivity contribution is 14.0. The van der Waals surface area contributed by atoms with Crippen LogP contribution in [0, 0.1) is 11.7 Å². The van der Waals surface area contributed by atoms with Gasteiger partial charge in [-0.25, -0.2) is 9.38 Å². The predicted octanol–water partition coefficient (Wildman–Crippen LogP) is 2.84. The molecule has 1 unspecified atom stereocenters. The summed E-state index contributed by atoms with van der Waals surface area (Å²) in [4.78, 5) is 7.05. The van der Waals surface area contributed by atoms with E-state index in [0.717, 1.165) is 31.2 Å². The molecular weight excluding hydrogens is 406 g/mol. The number of nitrogens with zero attached hydrogens (tertiary/aromatic N) is 2. The molecule has 1 heterocycles. The number of hydrogen-bond donors (Lipinski definition) is 2. The quantitative estimate of drug-likeness (QED) is 0.411. The molecule has 1 fully saturated rings. The summed E-state index contributed by atoms with van der Waals surface area (Å²) < 4.78 is 12.9. The van der Waals surface area contributed by atoms with E-state index in [1.165, 1.54) is 31.6 Å². The van der Waals surface area contributed by atoms with Crippen molar-refractivity contribution in [3.05, 3.63) is 35.6 Å². The summed E-state index contributed by atoms with van der Waals surface area (Å²) in [5, 5.41) is 6.69. The first-order chi connectivity index (χ1) is 10.7. The second-order valence-corrected chi connectivity index (χ2v) is 5.75. The van der Waals surface area contributed by atoms with Crippen molar-refractivity contribution in [2.24, 2.45) is 10.9 Å². The number of nitrogens with one attached hydrogen (secondary N) is 2. The van der Waals surface area contributed by atoms with Crippen LogP contribution < -0.4 is 10.6 Å². The monoisotopic (exact) mass is 434 g/mol. The number of hydrogen-bond acceptors (Lipinski definition) is 2. The van der Waals surface area contributed by atoms with Gasteiger partial charge in [-0.05, 0) is 50.0 Å². The minimum absolute atomic E-state index is 0. The molecule has 0 bridgehead atoms. The van der Waals surface area contributed by atoms with Crippen molar-refractivity contribution >= 4 is 29.9 Å². The van der Waals surface area contributed by atoms with Gasteiger partial charge in [0.2, 0.25) is 0 Å². The maximum atomic E-state index is 12.9. The van der Waals surface area contributed by atoms with E-state index >= 15 is 0 Å². The Kier molecular flexibility index (Phi) is 9.47. The molecule has 0 aliphatic carbocycles. The zero-order chi connectivity index (χ0) is 15.8. The number of likely N-dealkylation sites (tertiary alicyclic amines) is 1. The molecule has 4 nitrogen and oxygen atoms in total. The molecule has 1 aliphatic rings. The normalized spacial score (nSPS) is 18.6. The lowest BCUT2D eigenvalue weighted by Gasteiger charge is -2.16. The molecular formula is C17H28FIN4. The molecule has 130 valence electrons. The Labute approximate surface area is 156 Å². The highest BCUT2D eigenvalue weighted by atomic mass is 127. The van der Waals surface area contributed by atoms with Crippen molar-refractivity contribution in [3.8, 4) is 0 Å². The van der Waals surface area contributed by atoms with Crippen LogP contribution in [0.15, 0.2) is 29.3 Å². The number of halogens is 2. The molecule has 0 amide bonds. The molecule has 1 saturated heterocycles. The van der Waals surface area contributed by atoms with Crippen LogP contribution in [0.1, 0.15) is 25.8 Å². The van der Waals surface area contributed by atoms with E-state index in [1.807, 2.05) is 0 Å². The molecule has 6 heteroatoms. The summed E-state index contributed by atoms with van der Waals surface area (Å²) in [6.07, 6.45) is 1.25. The Balaban J connectivity index is 0.00000264. The fourth-order valence-electron chi connectivity index (χ4n) is 2.71. The van der Waals surface area contributed by atoms with E-state index in [9.17, 15) is 4.39 Å². The van der Waals surface area contributed by atoms with Crippen molar-refractivity contribution in [3.63, 3.8) is 0 Å². The summed E-state index contributed by atoms with van der Waals surface area (Å²) in [5.41, 5.74) is 1.01. The van der Waals surface area contributed by atoms with E-state index in [2.05, 4.69) is 34.4 Å². The summed E-state index contributed by atoms with van der Waals surface area (Å²) in [5.74, 6) is 1.32. The Hall–Kier alpha value is -0.890. The Bertz CT molecular complexity index is 478. The van der Waals surface area contributed by atoms with Gasteiger partial charge in [0, 0.05) is 19.6 Å². The van der Waals surface area contributed by atoms with Gasteiger partial charge in [0.15, 0.2) is 5.96 Å². The molecule has 2 N–H and O–H groups in total. The van der Waals surface area contributed by atoms with Gasteiger partial charge < -0.3 is 15.5 Å². The van der Waals surface area contributed by atoms with Crippen LogP contribution in [0.25, 0.3) is 0 Å². The van der Waals surface area contributed by atoms with Crippen LogP contribution in [0.5, 0.6) is 0 Å². The van der Waals surface area contributed by atoms with Crippen LogP contribution in [0.2, 0.25) is 0 Å². The van der Waals surface area contributed by atoms with Gasteiger partial charge in [-0.3, -0.25) is 0 Å². The standard InChI is InChI=1S/C17H27FN4.HI/c1-3-19-17(20-11-14-5-7-16(18)8-6-14)21-12-15-9-10-22(4-2)13-15;/h5-8,15H,3-4,9-13H2,1-2H3,(H2,19,20,21);1H. The summed E-state index contributed by atoms with van der Waals surface area (Å²) in [7, 11) is 0. The highest BCUT2D eigenvalue weighted by Gasteiger charge is 2.20. The molecule has 1 aliphatic heterocycles. The minimum Gasteiger partial charge on any atom is -0.357 e. The van der Waals surface area contributed by atoms with Crippen molar-refractivity contribution in [1.82, 2.24) is 15.5 Å². The number of aliphatic imine (C=N–C) groups is 1. The number of rotatable bonds is 6. The molecule has 0 spiro atoms. The largest absolute Gasteiger partial charge is 0.357 e. The van der Waals surface area contributed by atoms with E-state index in [0.29, 0.717) is 12.5 Å². The second-order valence-electron chi connectivity index (χ2n) is 5.75. The Morgan fingerprint density at radius 3 is 2.61 bits per heavy atom. The van der Waals surface area contributed by atoms with E-state index in [1.54, 1.807) is 12.1 Å². The van der Waals surface area contributed by atoms with Crippen LogP contribution >= 0.6 is 24.0 Å². The minimum atomic E-state index is -0.209. The van der Waals surface area contributed by atoms with Gasteiger partial charge in [0.1, 0.15) is 5.82 Å². The zero-order valence-electron chi connectivity index (χ0n) is 14.0. The lowest BCUT2D eigenvalue weighted by molar-refractivity contribution is 0.342. The van der Waals surface area contributed by atoms with Crippen molar-refractivity contribution < 1.29 is 4.39 Å². The molecule has 1 atom stereocenters. The van der Waals surface area contributed by atoms with E-state index in [-0.39, 0.29) is 29.8 Å². The average molecular weight is 434 g/mol. The van der Waals surface area contributed by atoms with Crippen LogP contribution in [0.4, 0.5) is 4.39 Å². The van der Waals surface area contributed by atoms with Crippen LogP contribution in [0.3, 0.4) is 0 Å². The van der Waals surface area contributed by atoms with Crippen LogP contribution in [-0.4, -0.2) is 43.6 Å². The first kappa shape index (κ1) is 20.2. The molecule has 0 aromatic heterocycles. The van der Waals surface area contributed by atoms with Gasteiger partial charge in [-0.2, -0.15) is 0 Å². The van der Waals surface area contributed by atoms with E-state index in [4.69, 9.17) is 0 Å². The summed E-state index contributed by atoms with van der Waals surface area (Å²) >= 11 is 0. The van der Waals surface area contributed by atoms with Gasteiger partial charge in [-0.15, -0.1) is 24.0 Å². The fourth-order valence-corrected chi connectivity index (χ4v) is 2.71. The van der Waals surface area contributed by atoms with Crippen molar-refractivity contribution in [2.45, 2.75) is 26.8 Å². The maximum absolute atomic E-state index is 12.9. The molecule has 0 radical (unpaired) electrons. The second kappa shape index (κ2) is 10.8. The highest BCUT2D eigenvalue weighted by Crippen LogP contribution is 2.14. The summed E-state index contributed by atoms with van der Waals surface area (Å²) in [6.45, 7) is 10.1. The maximum Gasteiger partial charge on any atom is 0.191 e. The Morgan fingerprint density at radius 1 is 1.26 bits per heavy atom. The third-order valence-corrected chi connectivity index (χ3v) is 4.05. The third kappa shape index (κ3) is 7.03. The topological polar surface area (TPSA) is 39.7 Å². The summed E-state index contributed by atoms with van der Waals surface area (Å²) in [6, 6.07) is 6.50. The number of benzene rings is 1. The van der Waals surface area contributed by atoms with Crippen molar-refractivity contribution in [2.75, 3.05) is 32.7 Å². The van der Waals surface area contributed by atoms with Crippen molar-refractivity contribution in [1.29, 1.82) is 0 Å². The van der Waals surface area contributed by atoms with Gasteiger partial charge >= 0.3 is 0 Å². The molecule has 2 rings (SSSR count). The molecule has 0 saturated carbocycles. The van der Waals surface area contributed by atoms with Gasteiger partial charge in [0.25, 0.3) is 0 Å². The molecule has 1 aromatic carbocycles. The average Bonchev–Trinajstić information content (AvgIpc) is 3.00. The predicted molar refractivity (Wildman–Crippen MR) is 105 cm³/mol. The fraction of sp³-hybridized carbons (Fsp3) is 0.588. The first-order valence-corrected chi connectivity index (χ1v) is 8.20. The number of guanidine groups is 1. The van der Waals surface area contributed by atoms with E-state index < -0.39 is 0 Å². The van der Waals surface area contributed by atoms with Gasteiger partial charge in [0.05, 0.1) is 6.54 Å². The molecule has 1 aromatic rings. The van der Waals surface area contributed by atoms with Crippen LogP contribution in [-0.2, 0) is 6.54 Å². The Morgan fingerprint density at radius 2 is 2.00 bits per heavy atom. The smallest absolute Gasteiger partial charge is 0.191 e. The first-order valence-electron chi connectivity index (χ1n) is 8.20. The van der Waals surface area contributed by atoms with Gasteiger partial charge in [-0.1, -0.05) is 19.1 Å². The lowest BCUT2D eigenvalue weighted by Crippen LogP contribution is -2.40. The zero-order valence-corrected chi connectivity index (χ0v) is 16.3. The SMILES string of the molecule is CCNC(=NCc1ccc(F)cc1)NCC1CCN(CC)C1.I. The lowest BCUT2D eigenvalue weighted by atomic mass is 10.1. The third-order valence-electron chi connectivity index (χ3n) is 4.05. The molecule has 23 heavy (non-hydrogen) atoms.